The van der Waals surface area contributed by atoms with Crippen molar-refractivity contribution in [3.63, 3.8) is 0 Å². The number of fused-ring (bicyclic) bond motifs is 3. The second-order valence-corrected chi connectivity index (χ2v) is 7.71. The minimum Gasteiger partial charge on any atom is -0.341 e. The molecule has 0 fully saturated rings. The number of thioether (sulfide) groups is 1. The van der Waals surface area contributed by atoms with Crippen molar-refractivity contribution < 1.29 is 4.79 Å². The SMILES string of the molecule is CCn1c2ccccc2c2cc(NC(=O)CSc3nc(C)cc(C)n3)ccc21. The predicted molar refractivity (Wildman–Crippen MR) is 116 cm³/mol. The van der Waals surface area contributed by atoms with Crippen molar-refractivity contribution in [2.75, 3.05) is 11.1 Å². The molecule has 0 aliphatic rings. The van der Waals surface area contributed by atoms with Crippen molar-refractivity contribution in [2.45, 2.75) is 32.5 Å². The summed E-state index contributed by atoms with van der Waals surface area (Å²) in [5.41, 5.74) is 5.02. The Bertz CT molecular complexity index is 1160. The van der Waals surface area contributed by atoms with Gasteiger partial charge in [-0.25, -0.2) is 9.97 Å². The van der Waals surface area contributed by atoms with E-state index in [0.29, 0.717) is 5.16 Å². The summed E-state index contributed by atoms with van der Waals surface area (Å²) in [5.74, 6) is 0.212. The van der Waals surface area contributed by atoms with E-state index in [9.17, 15) is 4.79 Å². The highest BCUT2D eigenvalue weighted by molar-refractivity contribution is 7.99. The highest BCUT2D eigenvalue weighted by atomic mass is 32.2. The number of carbonyl (C=O) groups excluding carboxylic acids is 1. The Hall–Kier alpha value is -2.86. The van der Waals surface area contributed by atoms with Crippen LogP contribution in [-0.2, 0) is 11.3 Å². The lowest BCUT2D eigenvalue weighted by molar-refractivity contribution is -0.113. The van der Waals surface area contributed by atoms with Crippen LogP contribution in [0.5, 0.6) is 0 Å². The molecule has 4 rings (SSSR count). The number of hydrogen-bond donors (Lipinski definition) is 1. The first-order valence-corrected chi connectivity index (χ1v) is 10.3. The number of para-hydroxylation sites is 1. The van der Waals surface area contributed by atoms with Crippen molar-refractivity contribution in [1.82, 2.24) is 14.5 Å². The van der Waals surface area contributed by atoms with E-state index in [1.54, 1.807) is 0 Å². The van der Waals surface area contributed by atoms with Crippen LogP contribution in [0.1, 0.15) is 18.3 Å². The van der Waals surface area contributed by atoms with Crippen molar-refractivity contribution in [2.24, 2.45) is 0 Å². The van der Waals surface area contributed by atoms with E-state index in [1.165, 1.54) is 28.2 Å². The molecule has 2 aromatic heterocycles. The molecule has 0 saturated heterocycles. The molecule has 4 aromatic rings. The van der Waals surface area contributed by atoms with Crippen LogP contribution in [-0.4, -0.2) is 26.2 Å². The number of nitrogens with zero attached hydrogens (tertiary/aromatic N) is 3. The van der Waals surface area contributed by atoms with Crippen LogP contribution in [0.25, 0.3) is 21.8 Å². The lowest BCUT2D eigenvalue weighted by atomic mass is 10.1. The summed E-state index contributed by atoms with van der Waals surface area (Å²) >= 11 is 1.35. The minimum absolute atomic E-state index is 0.0636. The first kappa shape index (κ1) is 18.5. The quantitative estimate of drug-likeness (QED) is 0.387. The molecule has 6 heteroatoms. The third kappa shape index (κ3) is 3.60. The van der Waals surface area contributed by atoms with Crippen LogP contribution < -0.4 is 5.32 Å². The van der Waals surface area contributed by atoms with Crippen molar-refractivity contribution >= 4 is 45.2 Å². The largest absolute Gasteiger partial charge is 0.341 e. The number of aromatic nitrogens is 3. The van der Waals surface area contributed by atoms with Gasteiger partial charge in [0.1, 0.15) is 0 Å². The van der Waals surface area contributed by atoms with Gasteiger partial charge in [0.05, 0.1) is 5.75 Å². The lowest BCUT2D eigenvalue weighted by Crippen LogP contribution is -2.14. The number of amides is 1. The molecule has 0 radical (unpaired) electrons. The fraction of sp³-hybridized carbons (Fsp3) is 0.227. The van der Waals surface area contributed by atoms with Gasteiger partial charge in [-0.15, -0.1) is 0 Å². The van der Waals surface area contributed by atoms with E-state index in [1.807, 2.05) is 32.0 Å². The van der Waals surface area contributed by atoms with Gasteiger partial charge < -0.3 is 9.88 Å². The Morgan fingerprint density at radius 1 is 1.00 bits per heavy atom. The number of anilines is 1. The lowest BCUT2D eigenvalue weighted by Gasteiger charge is -2.07. The van der Waals surface area contributed by atoms with Crippen molar-refractivity contribution in [3.8, 4) is 0 Å². The first-order valence-electron chi connectivity index (χ1n) is 9.31. The molecule has 5 nitrogen and oxygen atoms in total. The van der Waals surface area contributed by atoms with E-state index in [0.717, 1.165) is 29.0 Å². The molecule has 142 valence electrons. The fourth-order valence-electron chi connectivity index (χ4n) is 3.56. The highest BCUT2D eigenvalue weighted by Gasteiger charge is 2.11. The van der Waals surface area contributed by atoms with Gasteiger partial charge in [0, 0.05) is 45.4 Å². The van der Waals surface area contributed by atoms with Gasteiger partial charge in [0.15, 0.2) is 5.16 Å². The molecule has 2 heterocycles. The molecule has 0 aliphatic carbocycles. The van der Waals surface area contributed by atoms with Gasteiger partial charge in [0.25, 0.3) is 0 Å². The summed E-state index contributed by atoms with van der Waals surface area (Å²) in [7, 11) is 0. The smallest absolute Gasteiger partial charge is 0.234 e. The van der Waals surface area contributed by atoms with Gasteiger partial charge in [-0.1, -0.05) is 30.0 Å². The molecule has 0 unspecified atom stereocenters. The Balaban J connectivity index is 1.54. The Morgan fingerprint density at radius 3 is 2.46 bits per heavy atom. The van der Waals surface area contributed by atoms with Gasteiger partial charge >= 0.3 is 0 Å². The van der Waals surface area contributed by atoms with E-state index < -0.39 is 0 Å². The van der Waals surface area contributed by atoms with Crippen LogP contribution in [0.4, 0.5) is 5.69 Å². The molecule has 0 bridgehead atoms. The average molecular weight is 391 g/mol. The van der Waals surface area contributed by atoms with Crippen LogP contribution in [0, 0.1) is 13.8 Å². The third-order valence-corrected chi connectivity index (χ3v) is 5.51. The molecule has 1 amide bonds. The van der Waals surface area contributed by atoms with E-state index in [2.05, 4.69) is 57.1 Å². The maximum absolute atomic E-state index is 12.4. The number of carbonyl (C=O) groups is 1. The molecule has 0 spiro atoms. The minimum atomic E-state index is -0.0636. The molecular formula is C22H22N4OS. The van der Waals surface area contributed by atoms with Crippen LogP contribution in [0.3, 0.4) is 0 Å². The Labute approximate surface area is 168 Å². The summed E-state index contributed by atoms with van der Waals surface area (Å²) < 4.78 is 2.30. The molecular weight excluding hydrogens is 368 g/mol. The summed E-state index contributed by atoms with van der Waals surface area (Å²) in [5, 5.41) is 5.99. The Morgan fingerprint density at radius 2 is 1.71 bits per heavy atom. The number of rotatable bonds is 5. The number of nitrogens with one attached hydrogen (secondary N) is 1. The fourth-order valence-corrected chi connectivity index (χ4v) is 4.31. The zero-order valence-corrected chi connectivity index (χ0v) is 17.0. The Kier molecular flexibility index (Phi) is 5.05. The van der Waals surface area contributed by atoms with Gasteiger partial charge in [-0.05, 0) is 51.1 Å². The maximum Gasteiger partial charge on any atom is 0.234 e. The van der Waals surface area contributed by atoms with E-state index >= 15 is 0 Å². The first-order chi connectivity index (χ1) is 13.5. The van der Waals surface area contributed by atoms with Gasteiger partial charge in [-0.3, -0.25) is 4.79 Å². The third-order valence-electron chi connectivity index (χ3n) is 4.67. The zero-order valence-electron chi connectivity index (χ0n) is 16.2. The van der Waals surface area contributed by atoms with Crippen molar-refractivity contribution in [3.05, 3.63) is 59.9 Å². The number of hydrogen-bond acceptors (Lipinski definition) is 4. The summed E-state index contributed by atoms with van der Waals surface area (Å²) in [6, 6.07) is 16.4. The standard InChI is InChI=1S/C22H22N4OS/c1-4-26-19-8-6-5-7-17(19)18-12-16(9-10-20(18)26)25-21(27)13-28-22-23-14(2)11-15(3)24-22/h5-12H,4,13H2,1-3H3,(H,25,27). The molecule has 28 heavy (non-hydrogen) atoms. The van der Waals surface area contributed by atoms with Crippen molar-refractivity contribution in [1.29, 1.82) is 0 Å². The predicted octanol–water partition coefficient (Wildman–Crippen LogP) is 4.95. The number of aryl methyl sites for hydroxylation is 3. The van der Waals surface area contributed by atoms with Gasteiger partial charge in [0.2, 0.25) is 5.91 Å². The number of benzene rings is 2. The summed E-state index contributed by atoms with van der Waals surface area (Å²) in [6.07, 6.45) is 0. The maximum atomic E-state index is 12.4. The molecule has 0 aliphatic heterocycles. The topological polar surface area (TPSA) is 59.8 Å². The van der Waals surface area contributed by atoms with Gasteiger partial charge in [-0.2, -0.15) is 0 Å². The van der Waals surface area contributed by atoms with Crippen LogP contribution in [0.2, 0.25) is 0 Å². The molecule has 0 atom stereocenters. The summed E-state index contributed by atoms with van der Waals surface area (Å²) in [6.45, 7) is 6.91. The van der Waals surface area contributed by atoms with E-state index in [-0.39, 0.29) is 11.7 Å². The molecule has 0 saturated carbocycles. The van der Waals surface area contributed by atoms with Crippen LogP contribution >= 0.6 is 11.8 Å². The zero-order chi connectivity index (χ0) is 19.7. The second-order valence-electron chi connectivity index (χ2n) is 6.76. The molecule has 1 N–H and O–H groups in total. The average Bonchev–Trinajstić information content (AvgIpc) is 2.99. The normalized spacial score (nSPS) is 11.2. The monoisotopic (exact) mass is 390 g/mol. The highest BCUT2D eigenvalue weighted by Crippen LogP contribution is 2.31. The van der Waals surface area contributed by atoms with Crippen LogP contribution in [0.15, 0.2) is 53.7 Å². The summed E-state index contributed by atoms with van der Waals surface area (Å²) in [4.78, 5) is 21.2. The second kappa shape index (κ2) is 7.64. The van der Waals surface area contributed by atoms with E-state index in [4.69, 9.17) is 0 Å². The molecule has 2 aromatic carbocycles.